The van der Waals surface area contributed by atoms with Gasteiger partial charge in [-0.1, -0.05) is 42.8 Å². The quantitative estimate of drug-likeness (QED) is 0.807. The van der Waals surface area contributed by atoms with Crippen LogP contribution >= 0.6 is 0 Å². The summed E-state index contributed by atoms with van der Waals surface area (Å²) in [6.07, 6.45) is 4.28. The number of rotatable bonds is 7. The van der Waals surface area contributed by atoms with Gasteiger partial charge in [0.1, 0.15) is 5.75 Å². The van der Waals surface area contributed by atoms with E-state index < -0.39 is 0 Å². The number of nitrogens with one attached hydrogen (secondary N) is 1. The van der Waals surface area contributed by atoms with Gasteiger partial charge < -0.3 is 10.1 Å². The zero-order valence-electron chi connectivity index (χ0n) is 16.4. The smallest absolute Gasteiger partial charge is 0.224 e. The summed E-state index contributed by atoms with van der Waals surface area (Å²) in [5, 5.41) is 3.08. The third-order valence-corrected chi connectivity index (χ3v) is 5.43. The Labute approximate surface area is 162 Å². The first-order valence-electron chi connectivity index (χ1n) is 9.86. The van der Waals surface area contributed by atoms with Crippen molar-refractivity contribution in [2.75, 3.05) is 13.7 Å². The minimum absolute atomic E-state index is 0.0429. The van der Waals surface area contributed by atoms with Crippen molar-refractivity contribution in [3.63, 3.8) is 0 Å². The number of amides is 1. The molecule has 0 aromatic heterocycles. The second-order valence-electron chi connectivity index (χ2n) is 7.39. The SMILES string of the molecule is COc1ccc(CC(=O)NCc2ccccc2CN2CCCC[C@H]2C)cc1. The molecule has 1 heterocycles. The maximum absolute atomic E-state index is 12.3. The highest BCUT2D eigenvalue weighted by Gasteiger charge is 2.19. The molecular weight excluding hydrogens is 336 g/mol. The molecule has 1 saturated heterocycles. The Kier molecular flexibility index (Phi) is 6.88. The molecule has 27 heavy (non-hydrogen) atoms. The lowest BCUT2D eigenvalue weighted by atomic mass is 10.0. The van der Waals surface area contributed by atoms with Gasteiger partial charge in [-0.15, -0.1) is 0 Å². The van der Waals surface area contributed by atoms with E-state index in [-0.39, 0.29) is 5.91 Å². The molecule has 4 nitrogen and oxygen atoms in total. The fraction of sp³-hybridized carbons (Fsp3) is 0.435. The number of ether oxygens (including phenoxy) is 1. The fourth-order valence-corrected chi connectivity index (χ4v) is 3.68. The number of methoxy groups -OCH3 is 1. The van der Waals surface area contributed by atoms with Gasteiger partial charge in [-0.25, -0.2) is 0 Å². The Balaban J connectivity index is 1.56. The first-order valence-corrected chi connectivity index (χ1v) is 9.86. The van der Waals surface area contributed by atoms with Gasteiger partial charge in [-0.05, 0) is 55.1 Å². The van der Waals surface area contributed by atoms with Gasteiger partial charge in [0.15, 0.2) is 0 Å². The predicted molar refractivity (Wildman–Crippen MR) is 109 cm³/mol. The Morgan fingerprint density at radius 3 is 2.56 bits per heavy atom. The van der Waals surface area contributed by atoms with Gasteiger partial charge in [0, 0.05) is 19.1 Å². The third kappa shape index (κ3) is 5.57. The van der Waals surface area contributed by atoms with Crippen molar-refractivity contribution in [1.29, 1.82) is 0 Å². The van der Waals surface area contributed by atoms with Crippen LogP contribution in [0.3, 0.4) is 0 Å². The summed E-state index contributed by atoms with van der Waals surface area (Å²) in [5.41, 5.74) is 3.51. The third-order valence-electron chi connectivity index (χ3n) is 5.43. The molecule has 0 unspecified atom stereocenters. The highest BCUT2D eigenvalue weighted by molar-refractivity contribution is 5.78. The van der Waals surface area contributed by atoms with Crippen molar-refractivity contribution in [2.24, 2.45) is 0 Å². The summed E-state index contributed by atoms with van der Waals surface area (Å²) in [6.45, 7) is 5.02. The van der Waals surface area contributed by atoms with Crippen LogP contribution in [0.4, 0.5) is 0 Å². The lowest BCUT2D eigenvalue weighted by Crippen LogP contribution is -2.37. The van der Waals surface area contributed by atoms with E-state index in [2.05, 4.69) is 35.3 Å². The highest BCUT2D eigenvalue weighted by atomic mass is 16.5. The van der Waals surface area contributed by atoms with Gasteiger partial charge in [0.2, 0.25) is 5.91 Å². The molecule has 144 valence electrons. The molecule has 0 saturated carbocycles. The van der Waals surface area contributed by atoms with Gasteiger partial charge in [-0.3, -0.25) is 9.69 Å². The maximum Gasteiger partial charge on any atom is 0.224 e. The zero-order chi connectivity index (χ0) is 19.1. The summed E-state index contributed by atoms with van der Waals surface area (Å²) in [6, 6.07) is 16.7. The number of piperidine rings is 1. The van der Waals surface area contributed by atoms with Crippen molar-refractivity contribution in [3.05, 3.63) is 65.2 Å². The average molecular weight is 367 g/mol. The molecular formula is C23H30N2O2. The van der Waals surface area contributed by atoms with Crippen LogP contribution in [0.15, 0.2) is 48.5 Å². The van der Waals surface area contributed by atoms with Crippen molar-refractivity contribution < 1.29 is 9.53 Å². The largest absolute Gasteiger partial charge is 0.497 e. The number of nitrogens with zero attached hydrogens (tertiary/aromatic N) is 1. The Morgan fingerprint density at radius 2 is 1.85 bits per heavy atom. The Hall–Kier alpha value is -2.33. The number of carbonyl (C=O) groups excluding carboxylic acids is 1. The molecule has 0 radical (unpaired) electrons. The lowest BCUT2D eigenvalue weighted by Gasteiger charge is -2.33. The standard InChI is InChI=1S/C23H30N2O2/c1-18-7-5-6-14-25(18)17-21-9-4-3-8-20(21)16-24-23(26)15-19-10-12-22(27-2)13-11-19/h3-4,8-13,18H,5-7,14-17H2,1-2H3,(H,24,26)/t18-/m1/s1. The van der Waals surface area contributed by atoms with Gasteiger partial charge in [0.25, 0.3) is 0 Å². The van der Waals surface area contributed by atoms with Crippen molar-refractivity contribution in [3.8, 4) is 5.75 Å². The summed E-state index contributed by atoms with van der Waals surface area (Å²) in [4.78, 5) is 14.9. The second kappa shape index (κ2) is 9.56. The monoisotopic (exact) mass is 366 g/mol. The van der Waals surface area contributed by atoms with Crippen LogP contribution in [0.5, 0.6) is 5.75 Å². The topological polar surface area (TPSA) is 41.6 Å². The van der Waals surface area contributed by atoms with Crippen molar-refractivity contribution >= 4 is 5.91 Å². The van der Waals surface area contributed by atoms with Gasteiger partial charge >= 0.3 is 0 Å². The molecule has 1 amide bonds. The molecule has 4 heteroatoms. The first kappa shape index (κ1) is 19.4. The van der Waals surface area contributed by atoms with E-state index in [1.54, 1.807) is 7.11 Å². The average Bonchev–Trinajstić information content (AvgIpc) is 2.69. The molecule has 2 aromatic carbocycles. The van der Waals surface area contributed by atoms with E-state index in [0.717, 1.165) is 17.9 Å². The van der Waals surface area contributed by atoms with Gasteiger partial charge in [-0.2, -0.15) is 0 Å². The van der Waals surface area contributed by atoms with Crippen molar-refractivity contribution in [2.45, 2.75) is 51.7 Å². The van der Waals surface area contributed by atoms with E-state index in [0.29, 0.717) is 19.0 Å². The number of benzene rings is 2. The molecule has 0 spiro atoms. The summed E-state index contributed by atoms with van der Waals surface area (Å²) in [5.74, 6) is 0.848. The molecule has 1 N–H and O–H groups in total. The van der Waals surface area contributed by atoms with Crippen LogP contribution < -0.4 is 10.1 Å². The lowest BCUT2D eigenvalue weighted by molar-refractivity contribution is -0.120. The Bertz CT molecular complexity index is 742. The summed E-state index contributed by atoms with van der Waals surface area (Å²) < 4.78 is 5.16. The molecule has 2 aromatic rings. The number of likely N-dealkylation sites (tertiary alicyclic amines) is 1. The predicted octanol–water partition coefficient (Wildman–Crippen LogP) is 3.93. The molecule has 1 atom stereocenters. The summed E-state index contributed by atoms with van der Waals surface area (Å²) in [7, 11) is 1.64. The zero-order valence-corrected chi connectivity index (χ0v) is 16.4. The van der Waals surface area contributed by atoms with E-state index in [4.69, 9.17) is 4.74 Å². The second-order valence-corrected chi connectivity index (χ2v) is 7.39. The van der Waals surface area contributed by atoms with E-state index >= 15 is 0 Å². The number of hydrogen-bond acceptors (Lipinski definition) is 3. The fourth-order valence-electron chi connectivity index (χ4n) is 3.68. The first-order chi connectivity index (χ1) is 13.2. The number of carbonyl (C=O) groups is 1. The van der Waals surface area contributed by atoms with E-state index in [9.17, 15) is 4.79 Å². The van der Waals surface area contributed by atoms with Gasteiger partial charge in [0.05, 0.1) is 13.5 Å². The molecule has 3 rings (SSSR count). The van der Waals surface area contributed by atoms with Crippen molar-refractivity contribution in [1.82, 2.24) is 10.2 Å². The van der Waals surface area contributed by atoms with E-state index in [1.807, 2.05) is 30.3 Å². The normalized spacial score (nSPS) is 17.5. The summed E-state index contributed by atoms with van der Waals surface area (Å²) >= 11 is 0. The Morgan fingerprint density at radius 1 is 1.11 bits per heavy atom. The minimum atomic E-state index is 0.0429. The molecule has 1 aliphatic heterocycles. The van der Waals surface area contributed by atoms with Crippen LogP contribution in [-0.4, -0.2) is 30.5 Å². The molecule has 1 fully saturated rings. The highest BCUT2D eigenvalue weighted by Crippen LogP contribution is 2.21. The maximum atomic E-state index is 12.3. The van der Waals surface area contributed by atoms with Crippen LogP contribution in [0.2, 0.25) is 0 Å². The van der Waals surface area contributed by atoms with E-state index in [1.165, 1.54) is 36.9 Å². The molecule has 1 aliphatic rings. The van der Waals surface area contributed by atoms with Crippen LogP contribution in [0, 0.1) is 0 Å². The molecule has 0 bridgehead atoms. The van der Waals surface area contributed by atoms with Crippen LogP contribution in [0.1, 0.15) is 42.9 Å². The van der Waals surface area contributed by atoms with Crippen LogP contribution in [-0.2, 0) is 24.3 Å². The molecule has 0 aliphatic carbocycles. The minimum Gasteiger partial charge on any atom is -0.497 e. The van der Waals surface area contributed by atoms with Crippen LogP contribution in [0.25, 0.3) is 0 Å². The number of hydrogen-bond donors (Lipinski definition) is 1.